The van der Waals surface area contributed by atoms with Crippen molar-refractivity contribution in [2.45, 2.75) is 6.92 Å². The van der Waals surface area contributed by atoms with Crippen LogP contribution in [0.1, 0.15) is 4.88 Å². The third-order valence-electron chi connectivity index (χ3n) is 2.53. The zero-order valence-corrected chi connectivity index (χ0v) is 10.9. The van der Waals surface area contributed by atoms with Gasteiger partial charge in [0.05, 0.1) is 5.39 Å². The van der Waals surface area contributed by atoms with E-state index >= 15 is 0 Å². The SMILES string of the molecule is Cc1cc2c(Oc3ccc(F)cc3)nc(N)nc2s1. The summed E-state index contributed by atoms with van der Waals surface area (Å²) in [7, 11) is 0. The van der Waals surface area contributed by atoms with Gasteiger partial charge in [-0.1, -0.05) is 0 Å². The van der Waals surface area contributed by atoms with Gasteiger partial charge in [0.1, 0.15) is 16.4 Å². The van der Waals surface area contributed by atoms with Gasteiger partial charge in [0.15, 0.2) is 0 Å². The van der Waals surface area contributed by atoms with Crippen LogP contribution in [0.3, 0.4) is 0 Å². The number of fused-ring (bicyclic) bond motifs is 1. The van der Waals surface area contributed by atoms with E-state index in [1.54, 1.807) is 12.1 Å². The number of nitrogens with zero attached hydrogens (tertiary/aromatic N) is 2. The number of benzene rings is 1. The van der Waals surface area contributed by atoms with Crippen LogP contribution in [0, 0.1) is 12.7 Å². The molecule has 4 nitrogen and oxygen atoms in total. The number of hydrogen-bond donors (Lipinski definition) is 1. The van der Waals surface area contributed by atoms with Crippen LogP contribution < -0.4 is 10.5 Å². The number of ether oxygens (including phenoxy) is 1. The van der Waals surface area contributed by atoms with Crippen LogP contribution in [0.2, 0.25) is 0 Å². The van der Waals surface area contributed by atoms with Crippen molar-refractivity contribution in [1.82, 2.24) is 9.97 Å². The van der Waals surface area contributed by atoms with Crippen molar-refractivity contribution in [3.8, 4) is 11.6 Å². The van der Waals surface area contributed by atoms with E-state index in [1.807, 2.05) is 13.0 Å². The molecule has 1 aromatic carbocycles. The molecule has 0 aliphatic rings. The smallest absolute Gasteiger partial charge is 0.232 e. The third-order valence-corrected chi connectivity index (χ3v) is 3.47. The predicted octanol–water partition coefficient (Wildman–Crippen LogP) is 3.51. The summed E-state index contributed by atoms with van der Waals surface area (Å²) in [4.78, 5) is 10.1. The molecule has 0 spiro atoms. The second-order valence-corrected chi connectivity index (χ2v) is 5.25. The Morgan fingerprint density at radius 3 is 2.68 bits per heavy atom. The van der Waals surface area contributed by atoms with Crippen molar-refractivity contribution in [3.05, 3.63) is 41.0 Å². The van der Waals surface area contributed by atoms with Crippen molar-refractivity contribution < 1.29 is 9.13 Å². The molecule has 3 rings (SSSR count). The fourth-order valence-electron chi connectivity index (χ4n) is 1.72. The van der Waals surface area contributed by atoms with Gasteiger partial charge >= 0.3 is 0 Å². The largest absolute Gasteiger partial charge is 0.438 e. The highest BCUT2D eigenvalue weighted by molar-refractivity contribution is 7.18. The number of aromatic nitrogens is 2. The Labute approximate surface area is 112 Å². The highest BCUT2D eigenvalue weighted by atomic mass is 32.1. The molecule has 0 atom stereocenters. The van der Waals surface area contributed by atoms with Crippen molar-refractivity contribution >= 4 is 27.5 Å². The second-order valence-electron chi connectivity index (χ2n) is 4.02. The lowest BCUT2D eigenvalue weighted by Gasteiger charge is -2.06. The number of aryl methyl sites for hydroxylation is 1. The zero-order valence-electron chi connectivity index (χ0n) is 10.1. The fraction of sp³-hybridized carbons (Fsp3) is 0.0769. The molecule has 6 heteroatoms. The molecule has 96 valence electrons. The molecular weight excluding hydrogens is 265 g/mol. The van der Waals surface area contributed by atoms with E-state index in [1.165, 1.54) is 23.5 Å². The first kappa shape index (κ1) is 11.9. The molecule has 0 unspecified atom stereocenters. The average Bonchev–Trinajstić information content (AvgIpc) is 2.72. The minimum atomic E-state index is -0.314. The standard InChI is InChI=1S/C13H10FN3OS/c1-7-6-10-11(16-13(15)17-12(10)19-7)18-9-4-2-8(14)3-5-9/h2-6H,1H3,(H2,15,16,17). The first-order valence-corrected chi connectivity index (χ1v) is 6.40. The summed E-state index contributed by atoms with van der Waals surface area (Å²) in [5.74, 6) is 0.737. The Morgan fingerprint density at radius 1 is 1.21 bits per heavy atom. The van der Waals surface area contributed by atoms with Crippen LogP contribution in [0.25, 0.3) is 10.2 Å². The third kappa shape index (κ3) is 2.34. The summed E-state index contributed by atoms with van der Waals surface area (Å²) < 4.78 is 18.5. The van der Waals surface area contributed by atoms with Gasteiger partial charge in [0.25, 0.3) is 0 Å². The number of anilines is 1. The number of nitrogens with two attached hydrogens (primary N) is 1. The van der Waals surface area contributed by atoms with E-state index in [0.29, 0.717) is 11.6 Å². The number of thiophene rings is 1. The summed E-state index contributed by atoms with van der Waals surface area (Å²) in [6.07, 6.45) is 0. The quantitative estimate of drug-likeness (QED) is 0.777. The molecule has 2 N–H and O–H groups in total. The summed E-state index contributed by atoms with van der Waals surface area (Å²) in [5, 5.41) is 0.807. The molecular formula is C13H10FN3OS. The van der Waals surface area contributed by atoms with Crippen LogP contribution >= 0.6 is 11.3 Å². The van der Waals surface area contributed by atoms with E-state index in [0.717, 1.165) is 15.1 Å². The Morgan fingerprint density at radius 2 is 1.95 bits per heavy atom. The lowest BCUT2D eigenvalue weighted by atomic mass is 10.3. The monoisotopic (exact) mass is 275 g/mol. The average molecular weight is 275 g/mol. The van der Waals surface area contributed by atoms with Gasteiger partial charge < -0.3 is 10.5 Å². The Hall–Kier alpha value is -2.21. The molecule has 19 heavy (non-hydrogen) atoms. The lowest BCUT2D eigenvalue weighted by Crippen LogP contribution is -1.97. The van der Waals surface area contributed by atoms with Crippen LogP contribution in [-0.4, -0.2) is 9.97 Å². The van der Waals surface area contributed by atoms with Gasteiger partial charge in [-0.3, -0.25) is 0 Å². The molecule has 0 fully saturated rings. The van der Waals surface area contributed by atoms with Crippen molar-refractivity contribution in [1.29, 1.82) is 0 Å². The molecule has 0 radical (unpaired) electrons. The number of hydrogen-bond acceptors (Lipinski definition) is 5. The molecule has 0 bridgehead atoms. The molecule has 2 aromatic heterocycles. The summed E-state index contributed by atoms with van der Waals surface area (Å²) in [6, 6.07) is 7.68. The highest BCUT2D eigenvalue weighted by Crippen LogP contribution is 2.32. The van der Waals surface area contributed by atoms with E-state index < -0.39 is 0 Å². The van der Waals surface area contributed by atoms with Gasteiger partial charge in [-0.15, -0.1) is 11.3 Å². The molecule has 2 heterocycles. The normalized spacial score (nSPS) is 10.8. The molecule has 0 aliphatic carbocycles. The van der Waals surface area contributed by atoms with Gasteiger partial charge in [-0.2, -0.15) is 4.98 Å². The first-order chi connectivity index (χ1) is 9.11. The number of nitrogen functional groups attached to an aromatic ring is 1. The van der Waals surface area contributed by atoms with Crippen LogP contribution in [-0.2, 0) is 0 Å². The van der Waals surface area contributed by atoms with Crippen molar-refractivity contribution in [2.75, 3.05) is 5.73 Å². The highest BCUT2D eigenvalue weighted by Gasteiger charge is 2.11. The maximum absolute atomic E-state index is 12.8. The summed E-state index contributed by atoms with van der Waals surface area (Å²) in [6.45, 7) is 1.98. The summed E-state index contributed by atoms with van der Waals surface area (Å²) >= 11 is 1.52. The van der Waals surface area contributed by atoms with Crippen molar-refractivity contribution in [2.24, 2.45) is 0 Å². The topological polar surface area (TPSA) is 61.0 Å². The molecule has 3 aromatic rings. The molecule has 0 aliphatic heterocycles. The number of halogens is 1. The van der Waals surface area contributed by atoms with Crippen LogP contribution in [0.4, 0.5) is 10.3 Å². The Balaban J connectivity index is 2.06. The second kappa shape index (κ2) is 4.47. The maximum Gasteiger partial charge on any atom is 0.232 e. The van der Waals surface area contributed by atoms with Gasteiger partial charge in [0.2, 0.25) is 11.8 Å². The predicted molar refractivity (Wildman–Crippen MR) is 73.0 cm³/mol. The van der Waals surface area contributed by atoms with Gasteiger partial charge in [0, 0.05) is 4.88 Å². The van der Waals surface area contributed by atoms with E-state index in [9.17, 15) is 4.39 Å². The Kier molecular flexibility index (Phi) is 2.79. The fourth-order valence-corrected chi connectivity index (χ4v) is 2.60. The van der Waals surface area contributed by atoms with Gasteiger partial charge in [-0.25, -0.2) is 9.37 Å². The molecule has 0 amide bonds. The minimum absolute atomic E-state index is 0.159. The minimum Gasteiger partial charge on any atom is -0.438 e. The zero-order chi connectivity index (χ0) is 13.4. The van der Waals surface area contributed by atoms with Crippen LogP contribution in [0.15, 0.2) is 30.3 Å². The van der Waals surface area contributed by atoms with E-state index in [4.69, 9.17) is 10.5 Å². The Bertz CT molecular complexity index is 739. The van der Waals surface area contributed by atoms with Crippen molar-refractivity contribution in [3.63, 3.8) is 0 Å². The van der Waals surface area contributed by atoms with E-state index in [-0.39, 0.29) is 11.8 Å². The van der Waals surface area contributed by atoms with E-state index in [2.05, 4.69) is 9.97 Å². The molecule has 0 saturated carbocycles. The maximum atomic E-state index is 12.8. The lowest BCUT2D eigenvalue weighted by molar-refractivity contribution is 0.467. The first-order valence-electron chi connectivity index (χ1n) is 5.59. The molecule has 0 saturated heterocycles. The summed E-state index contributed by atoms with van der Waals surface area (Å²) in [5.41, 5.74) is 5.66. The van der Waals surface area contributed by atoms with Crippen LogP contribution in [0.5, 0.6) is 11.6 Å². The van der Waals surface area contributed by atoms with Gasteiger partial charge in [-0.05, 0) is 37.3 Å². The number of rotatable bonds is 2.